The van der Waals surface area contributed by atoms with Gasteiger partial charge in [0.05, 0.1) is 5.56 Å². The number of carbonyl (C=O) groups excluding carboxylic acids is 1. The number of amides is 1. The highest BCUT2D eigenvalue weighted by Gasteiger charge is 2.22. The van der Waals surface area contributed by atoms with Gasteiger partial charge in [0.1, 0.15) is 0 Å². The Morgan fingerprint density at radius 2 is 2.05 bits per heavy atom. The van der Waals surface area contributed by atoms with Gasteiger partial charge in [0, 0.05) is 19.3 Å². The van der Waals surface area contributed by atoms with Gasteiger partial charge in [-0.1, -0.05) is 32.3 Å². The van der Waals surface area contributed by atoms with Crippen LogP contribution < -0.4 is 10.6 Å². The highest BCUT2D eigenvalue weighted by atomic mass is 16.1. The molecule has 3 heteroatoms. The topological polar surface area (TPSA) is 41.1 Å². The first-order valence-electron chi connectivity index (χ1n) is 7.68. The van der Waals surface area contributed by atoms with Gasteiger partial charge in [0.15, 0.2) is 0 Å². The lowest BCUT2D eigenvalue weighted by molar-refractivity contribution is 0.0937. The van der Waals surface area contributed by atoms with Crippen LogP contribution in [0.1, 0.15) is 48.5 Å². The second-order valence-corrected chi connectivity index (χ2v) is 6.03. The smallest absolute Gasteiger partial charge is 0.253 e. The van der Waals surface area contributed by atoms with Crippen LogP contribution in [0.15, 0.2) is 18.2 Å². The molecule has 1 saturated carbocycles. The fourth-order valence-corrected chi connectivity index (χ4v) is 3.08. The lowest BCUT2D eigenvalue weighted by Gasteiger charge is -2.28. The molecule has 0 spiro atoms. The quantitative estimate of drug-likeness (QED) is 0.881. The number of hydrogen-bond acceptors (Lipinski definition) is 2. The predicted octanol–water partition coefficient (Wildman–Crippen LogP) is 3.59. The summed E-state index contributed by atoms with van der Waals surface area (Å²) in [6.45, 7) is 5.14. The average Bonchev–Trinajstić information content (AvgIpc) is 2.46. The van der Waals surface area contributed by atoms with Crippen LogP contribution >= 0.6 is 0 Å². The fourth-order valence-electron chi connectivity index (χ4n) is 3.08. The van der Waals surface area contributed by atoms with Crippen LogP contribution in [-0.2, 0) is 0 Å². The van der Waals surface area contributed by atoms with Gasteiger partial charge in [-0.15, -0.1) is 0 Å². The molecule has 20 heavy (non-hydrogen) atoms. The minimum Gasteiger partial charge on any atom is -0.387 e. The van der Waals surface area contributed by atoms with Crippen molar-refractivity contribution in [2.75, 3.05) is 18.9 Å². The molecular weight excluding hydrogens is 248 g/mol. The molecule has 3 nitrogen and oxygen atoms in total. The van der Waals surface area contributed by atoms with Gasteiger partial charge in [-0.3, -0.25) is 4.79 Å². The first-order chi connectivity index (χ1) is 9.61. The summed E-state index contributed by atoms with van der Waals surface area (Å²) in [7, 11) is 1.86. The van der Waals surface area contributed by atoms with Crippen LogP contribution in [0.4, 0.5) is 5.69 Å². The molecule has 0 bridgehead atoms. The standard InChI is InChI=1S/C17H26N2O/c1-12-8-9-15(16(10-12)18-3)17(20)19-11-14-7-5-4-6-13(14)2/h8-10,13-14,18H,4-7,11H2,1-3H3,(H,19,20). The van der Waals surface area contributed by atoms with E-state index in [0.717, 1.165) is 29.3 Å². The molecule has 0 aromatic heterocycles. The summed E-state index contributed by atoms with van der Waals surface area (Å²) in [6, 6.07) is 5.90. The third-order valence-corrected chi connectivity index (χ3v) is 4.50. The van der Waals surface area contributed by atoms with Gasteiger partial charge < -0.3 is 10.6 Å². The molecule has 1 fully saturated rings. The van der Waals surface area contributed by atoms with E-state index in [9.17, 15) is 4.79 Å². The summed E-state index contributed by atoms with van der Waals surface area (Å²) < 4.78 is 0. The second kappa shape index (κ2) is 6.78. The Morgan fingerprint density at radius 1 is 1.30 bits per heavy atom. The normalized spacial score (nSPS) is 22.4. The van der Waals surface area contributed by atoms with E-state index in [1.165, 1.54) is 25.7 Å². The molecule has 110 valence electrons. The van der Waals surface area contributed by atoms with Crippen molar-refractivity contribution in [3.8, 4) is 0 Å². The van der Waals surface area contributed by atoms with Crippen molar-refractivity contribution in [2.24, 2.45) is 11.8 Å². The Bertz CT molecular complexity index is 470. The van der Waals surface area contributed by atoms with Gasteiger partial charge in [-0.25, -0.2) is 0 Å². The Labute approximate surface area is 122 Å². The molecular formula is C17H26N2O. The number of aryl methyl sites for hydroxylation is 1. The summed E-state index contributed by atoms with van der Waals surface area (Å²) in [4.78, 5) is 12.3. The molecule has 1 aliphatic carbocycles. The van der Waals surface area contributed by atoms with E-state index in [4.69, 9.17) is 0 Å². The monoisotopic (exact) mass is 274 g/mol. The van der Waals surface area contributed by atoms with E-state index in [1.54, 1.807) is 0 Å². The zero-order chi connectivity index (χ0) is 14.5. The summed E-state index contributed by atoms with van der Waals surface area (Å²) in [5, 5.41) is 6.22. The Balaban J connectivity index is 1.98. The number of carbonyl (C=O) groups is 1. The Kier molecular flexibility index (Phi) is 5.05. The maximum absolute atomic E-state index is 12.3. The van der Waals surface area contributed by atoms with E-state index < -0.39 is 0 Å². The maximum atomic E-state index is 12.3. The van der Waals surface area contributed by atoms with Crippen LogP contribution in [0.3, 0.4) is 0 Å². The maximum Gasteiger partial charge on any atom is 0.253 e. The Morgan fingerprint density at radius 3 is 2.75 bits per heavy atom. The number of anilines is 1. The van der Waals surface area contributed by atoms with Gasteiger partial charge in [0.25, 0.3) is 5.91 Å². The molecule has 1 aromatic rings. The molecule has 1 aromatic carbocycles. The van der Waals surface area contributed by atoms with Gasteiger partial charge in [-0.2, -0.15) is 0 Å². The van der Waals surface area contributed by atoms with Crippen molar-refractivity contribution in [3.05, 3.63) is 29.3 Å². The lowest BCUT2D eigenvalue weighted by Crippen LogP contribution is -2.33. The van der Waals surface area contributed by atoms with Crippen molar-refractivity contribution in [3.63, 3.8) is 0 Å². The first-order valence-corrected chi connectivity index (χ1v) is 7.68. The number of hydrogen-bond donors (Lipinski definition) is 2. The first kappa shape index (κ1) is 14.9. The summed E-state index contributed by atoms with van der Waals surface area (Å²) in [6.07, 6.45) is 5.19. The summed E-state index contributed by atoms with van der Waals surface area (Å²) >= 11 is 0. The van der Waals surface area contributed by atoms with Crippen molar-refractivity contribution in [2.45, 2.75) is 39.5 Å². The molecule has 2 N–H and O–H groups in total. The third kappa shape index (κ3) is 3.53. The van der Waals surface area contributed by atoms with Crippen LogP contribution in [0, 0.1) is 18.8 Å². The summed E-state index contributed by atoms with van der Waals surface area (Å²) in [5.41, 5.74) is 2.80. The van der Waals surface area contributed by atoms with Crippen LogP contribution in [0.2, 0.25) is 0 Å². The van der Waals surface area contributed by atoms with Crippen LogP contribution in [0.5, 0.6) is 0 Å². The zero-order valence-corrected chi connectivity index (χ0v) is 12.8. The van der Waals surface area contributed by atoms with E-state index in [-0.39, 0.29) is 5.91 Å². The molecule has 0 aliphatic heterocycles. The molecule has 1 aliphatic rings. The zero-order valence-electron chi connectivity index (χ0n) is 12.8. The minimum atomic E-state index is 0.0344. The van der Waals surface area contributed by atoms with Crippen LogP contribution in [-0.4, -0.2) is 19.5 Å². The SMILES string of the molecule is CNc1cc(C)ccc1C(=O)NCC1CCCCC1C. The Hall–Kier alpha value is -1.51. The molecule has 2 atom stereocenters. The molecule has 0 saturated heterocycles. The van der Waals surface area contributed by atoms with Gasteiger partial charge in [-0.05, 0) is 42.9 Å². The highest BCUT2D eigenvalue weighted by Crippen LogP contribution is 2.29. The minimum absolute atomic E-state index is 0.0344. The molecule has 2 rings (SSSR count). The largest absolute Gasteiger partial charge is 0.387 e. The number of rotatable bonds is 4. The number of nitrogens with one attached hydrogen (secondary N) is 2. The van der Waals surface area contributed by atoms with E-state index in [0.29, 0.717) is 5.92 Å². The third-order valence-electron chi connectivity index (χ3n) is 4.50. The molecule has 1 amide bonds. The van der Waals surface area contributed by atoms with Crippen molar-refractivity contribution in [1.82, 2.24) is 5.32 Å². The van der Waals surface area contributed by atoms with Gasteiger partial charge in [0.2, 0.25) is 0 Å². The molecule has 0 radical (unpaired) electrons. The van der Waals surface area contributed by atoms with Crippen molar-refractivity contribution < 1.29 is 4.79 Å². The highest BCUT2D eigenvalue weighted by molar-refractivity contribution is 5.99. The van der Waals surface area contributed by atoms with Gasteiger partial charge >= 0.3 is 0 Å². The fraction of sp³-hybridized carbons (Fsp3) is 0.588. The van der Waals surface area contributed by atoms with E-state index >= 15 is 0 Å². The average molecular weight is 274 g/mol. The van der Waals surface area contributed by atoms with Crippen LogP contribution in [0.25, 0.3) is 0 Å². The predicted molar refractivity (Wildman–Crippen MR) is 84.2 cm³/mol. The van der Waals surface area contributed by atoms with Crippen molar-refractivity contribution >= 4 is 11.6 Å². The van der Waals surface area contributed by atoms with E-state index in [1.807, 2.05) is 32.2 Å². The second-order valence-electron chi connectivity index (χ2n) is 6.03. The molecule has 2 unspecified atom stereocenters. The van der Waals surface area contributed by atoms with E-state index in [2.05, 4.69) is 17.6 Å². The molecule has 0 heterocycles. The number of benzene rings is 1. The van der Waals surface area contributed by atoms with Crippen molar-refractivity contribution in [1.29, 1.82) is 0 Å². The lowest BCUT2D eigenvalue weighted by atomic mass is 9.80. The summed E-state index contributed by atoms with van der Waals surface area (Å²) in [5.74, 6) is 1.40.